The van der Waals surface area contributed by atoms with Crippen LogP contribution in [0.1, 0.15) is 11.1 Å². The number of imidazole rings is 1. The lowest BCUT2D eigenvalue weighted by molar-refractivity contribution is -0.384. The van der Waals surface area contributed by atoms with Crippen LogP contribution in [-0.4, -0.2) is 21.1 Å². The summed E-state index contributed by atoms with van der Waals surface area (Å²) in [6.07, 6.45) is 1.46. The van der Waals surface area contributed by atoms with Gasteiger partial charge in [-0.25, -0.2) is 10.4 Å². The van der Waals surface area contributed by atoms with E-state index in [2.05, 4.69) is 20.5 Å². The van der Waals surface area contributed by atoms with Gasteiger partial charge in [-0.2, -0.15) is 5.10 Å². The number of fused-ring (bicyclic) bond motifs is 1. The Kier molecular flexibility index (Phi) is 3.94. The molecular formula is C15H12ClN5O2. The number of H-pyrrole nitrogens is 1. The largest absolute Gasteiger partial charge is 0.323 e. The minimum Gasteiger partial charge on any atom is -0.323 e. The smallest absolute Gasteiger partial charge is 0.288 e. The van der Waals surface area contributed by atoms with E-state index in [1.54, 1.807) is 6.07 Å². The van der Waals surface area contributed by atoms with Crippen molar-refractivity contribution >= 4 is 40.5 Å². The average Bonchev–Trinajstić information content (AvgIpc) is 2.90. The molecular weight excluding hydrogens is 318 g/mol. The number of aromatic nitrogens is 2. The van der Waals surface area contributed by atoms with Crippen molar-refractivity contribution in [1.29, 1.82) is 0 Å². The molecule has 2 aromatic carbocycles. The molecule has 2 N–H and O–H groups in total. The molecule has 0 aliphatic heterocycles. The van der Waals surface area contributed by atoms with Crippen molar-refractivity contribution in [3.8, 4) is 0 Å². The second kappa shape index (κ2) is 6.05. The van der Waals surface area contributed by atoms with Crippen LogP contribution in [0.5, 0.6) is 0 Å². The molecule has 0 unspecified atom stereocenters. The quantitative estimate of drug-likeness (QED) is 0.431. The standard InChI is InChI=1S/C15H12ClN5O2/c1-9-2-5-12-13(6-9)19-15(18-12)20-17-8-10-3-4-11(16)14(7-10)21(22)23/h2-8H,1H3,(H2,18,19,20)/b17-8-. The summed E-state index contributed by atoms with van der Waals surface area (Å²) in [4.78, 5) is 17.7. The van der Waals surface area contributed by atoms with Gasteiger partial charge >= 0.3 is 0 Å². The molecule has 116 valence electrons. The van der Waals surface area contributed by atoms with Gasteiger partial charge in [0, 0.05) is 11.6 Å². The van der Waals surface area contributed by atoms with E-state index in [-0.39, 0.29) is 10.7 Å². The first kappa shape index (κ1) is 15.0. The molecule has 0 fully saturated rings. The number of hydrazone groups is 1. The van der Waals surface area contributed by atoms with Gasteiger partial charge in [0.1, 0.15) is 5.02 Å². The number of hydrogen-bond donors (Lipinski definition) is 2. The van der Waals surface area contributed by atoms with E-state index in [1.165, 1.54) is 18.3 Å². The fourth-order valence-corrected chi connectivity index (χ4v) is 2.28. The number of nitro benzene ring substituents is 1. The highest BCUT2D eigenvalue weighted by atomic mass is 35.5. The molecule has 0 amide bonds. The summed E-state index contributed by atoms with van der Waals surface area (Å²) >= 11 is 5.76. The number of aromatic amines is 1. The highest BCUT2D eigenvalue weighted by molar-refractivity contribution is 6.32. The van der Waals surface area contributed by atoms with Gasteiger partial charge in [-0.3, -0.25) is 10.1 Å². The van der Waals surface area contributed by atoms with Crippen molar-refractivity contribution in [2.45, 2.75) is 6.92 Å². The maximum absolute atomic E-state index is 10.8. The molecule has 0 radical (unpaired) electrons. The minimum absolute atomic E-state index is 0.0905. The fraction of sp³-hybridized carbons (Fsp3) is 0.0667. The topological polar surface area (TPSA) is 96.2 Å². The number of aryl methyl sites for hydroxylation is 1. The second-order valence-corrected chi connectivity index (χ2v) is 5.35. The van der Waals surface area contributed by atoms with Crippen molar-refractivity contribution in [1.82, 2.24) is 9.97 Å². The molecule has 1 heterocycles. The maximum Gasteiger partial charge on any atom is 0.288 e. The van der Waals surface area contributed by atoms with Gasteiger partial charge < -0.3 is 4.98 Å². The Balaban J connectivity index is 1.77. The summed E-state index contributed by atoms with van der Waals surface area (Å²) in [5.41, 5.74) is 6.03. The summed E-state index contributed by atoms with van der Waals surface area (Å²) in [5, 5.41) is 15.0. The highest BCUT2D eigenvalue weighted by Gasteiger charge is 2.11. The van der Waals surface area contributed by atoms with E-state index >= 15 is 0 Å². The Morgan fingerprint density at radius 1 is 1.35 bits per heavy atom. The SMILES string of the molecule is Cc1ccc2nc(N/N=C\c3ccc(Cl)c([N+](=O)[O-])c3)[nH]c2c1. The van der Waals surface area contributed by atoms with Gasteiger partial charge in [-0.1, -0.05) is 23.7 Å². The summed E-state index contributed by atoms with van der Waals surface area (Å²) in [5.74, 6) is 0.491. The van der Waals surface area contributed by atoms with Gasteiger partial charge in [-0.05, 0) is 30.7 Å². The fourth-order valence-electron chi connectivity index (χ4n) is 2.09. The Morgan fingerprint density at radius 3 is 2.96 bits per heavy atom. The van der Waals surface area contributed by atoms with Gasteiger partial charge in [0.25, 0.3) is 5.69 Å². The third kappa shape index (κ3) is 3.29. The summed E-state index contributed by atoms with van der Waals surface area (Å²) < 4.78 is 0. The third-order valence-electron chi connectivity index (χ3n) is 3.19. The second-order valence-electron chi connectivity index (χ2n) is 4.94. The Morgan fingerprint density at radius 2 is 2.17 bits per heavy atom. The van der Waals surface area contributed by atoms with E-state index in [9.17, 15) is 10.1 Å². The van der Waals surface area contributed by atoms with Gasteiger partial charge in [-0.15, -0.1) is 0 Å². The van der Waals surface area contributed by atoms with Crippen LogP contribution in [0, 0.1) is 17.0 Å². The van der Waals surface area contributed by atoms with Crippen molar-refractivity contribution in [3.05, 3.63) is 62.7 Å². The van der Waals surface area contributed by atoms with Crippen LogP contribution in [0.4, 0.5) is 11.6 Å². The summed E-state index contributed by atoms with van der Waals surface area (Å²) in [6, 6.07) is 10.3. The predicted octanol–water partition coefficient (Wildman–Crippen LogP) is 3.88. The molecule has 0 spiro atoms. The van der Waals surface area contributed by atoms with Crippen LogP contribution in [0.2, 0.25) is 5.02 Å². The number of halogens is 1. The molecule has 0 bridgehead atoms. The van der Waals surface area contributed by atoms with Gasteiger partial charge in [0.05, 0.1) is 22.2 Å². The van der Waals surface area contributed by atoms with Crippen molar-refractivity contribution in [2.24, 2.45) is 5.10 Å². The van der Waals surface area contributed by atoms with E-state index in [0.29, 0.717) is 11.5 Å². The molecule has 0 aliphatic rings. The number of anilines is 1. The minimum atomic E-state index is -0.533. The number of hydrogen-bond acceptors (Lipinski definition) is 5. The van der Waals surface area contributed by atoms with E-state index in [4.69, 9.17) is 11.6 Å². The lowest BCUT2D eigenvalue weighted by atomic mass is 10.2. The van der Waals surface area contributed by atoms with Crippen LogP contribution >= 0.6 is 11.6 Å². The Labute approximate surface area is 136 Å². The van der Waals surface area contributed by atoms with Gasteiger partial charge in [0.2, 0.25) is 5.95 Å². The molecule has 3 rings (SSSR count). The number of nitrogens with one attached hydrogen (secondary N) is 2. The molecule has 0 aliphatic carbocycles. The van der Waals surface area contributed by atoms with Crippen molar-refractivity contribution in [3.63, 3.8) is 0 Å². The van der Waals surface area contributed by atoms with Crippen LogP contribution < -0.4 is 5.43 Å². The lowest BCUT2D eigenvalue weighted by Gasteiger charge is -1.97. The molecule has 1 aromatic heterocycles. The number of nitro groups is 1. The van der Waals surface area contributed by atoms with E-state index in [1.807, 2.05) is 25.1 Å². The zero-order valence-electron chi connectivity index (χ0n) is 12.1. The average molecular weight is 330 g/mol. The van der Waals surface area contributed by atoms with E-state index < -0.39 is 4.92 Å². The molecule has 8 heteroatoms. The first-order valence-corrected chi connectivity index (χ1v) is 7.10. The van der Waals surface area contributed by atoms with Crippen LogP contribution in [0.15, 0.2) is 41.5 Å². The van der Waals surface area contributed by atoms with Crippen LogP contribution in [0.25, 0.3) is 11.0 Å². The summed E-state index contributed by atoms with van der Waals surface area (Å²) in [6.45, 7) is 2.00. The lowest BCUT2D eigenvalue weighted by Crippen LogP contribution is -1.94. The van der Waals surface area contributed by atoms with E-state index in [0.717, 1.165) is 16.6 Å². The van der Waals surface area contributed by atoms with Crippen LogP contribution in [0.3, 0.4) is 0 Å². The molecule has 3 aromatic rings. The number of rotatable bonds is 4. The number of benzene rings is 2. The molecule has 0 saturated carbocycles. The normalized spacial score (nSPS) is 11.2. The summed E-state index contributed by atoms with van der Waals surface area (Å²) in [7, 11) is 0. The first-order chi connectivity index (χ1) is 11.0. The first-order valence-electron chi connectivity index (χ1n) is 6.72. The zero-order chi connectivity index (χ0) is 16.4. The predicted molar refractivity (Wildman–Crippen MR) is 90.2 cm³/mol. The molecule has 0 atom stereocenters. The molecule has 23 heavy (non-hydrogen) atoms. The molecule has 7 nitrogen and oxygen atoms in total. The Hall–Kier alpha value is -2.93. The van der Waals surface area contributed by atoms with Crippen molar-refractivity contribution < 1.29 is 4.92 Å². The Bertz CT molecular complexity index is 919. The maximum atomic E-state index is 10.8. The number of nitrogens with zero attached hydrogens (tertiary/aromatic N) is 3. The third-order valence-corrected chi connectivity index (χ3v) is 3.51. The zero-order valence-corrected chi connectivity index (χ0v) is 12.8. The molecule has 0 saturated heterocycles. The highest BCUT2D eigenvalue weighted by Crippen LogP contribution is 2.24. The van der Waals surface area contributed by atoms with Gasteiger partial charge in [0.15, 0.2) is 0 Å². The van der Waals surface area contributed by atoms with Crippen LogP contribution in [-0.2, 0) is 0 Å². The van der Waals surface area contributed by atoms with Crippen molar-refractivity contribution in [2.75, 3.05) is 5.43 Å². The monoisotopic (exact) mass is 329 g/mol.